The van der Waals surface area contributed by atoms with Crippen LogP contribution in [0, 0.1) is 0 Å². The van der Waals surface area contributed by atoms with Gasteiger partial charge in [0.25, 0.3) is 0 Å². The van der Waals surface area contributed by atoms with Crippen LogP contribution in [0.1, 0.15) is 74.3 Å². The summed E-state index contributed by atoms with van der Waals surface area (Å²) in [5.74, 6) is 0.232. The van der Waals surface area contributed by atoms with Crippen LogP contribution in [0.5, 0.6) is 0 Å². The zero-order valence-corrected chi connectivity index (χ0v) is 17.7. The molecule has 0 radical (unpaired) electrons. The van der Waals surface area contributed by atoms with Gasteiger partial charge in [-0.15, -0.1) is 0 Å². The Balaban J connectivity index is 1.61. The van der Waals surface area contributed by atoms with Gasteiger partial charge in [-0.2, -0.15) is 0 Å². The van der Waals surface area contributed by atoms with Gasteiger partial charge in [-0.05, 0) is 48.9 Å². The van der Waals surface area contributed by atoms with Gasteiger partial charge in [-0.3, -0.25) is 0 Å². The van der Waals surface area contributed by atoms with E-state index in [0.717, 1.165) is 83.7 Å². The molecule has 0 heterocycles. The highest BCUT2D eigenvalue weighted by Crippen LogP contribution is 2.44. The molecular weight excluding hydrogens is 380 g/mol. The molecule has 2 fully saturated rings. The minimum atomic E-state index is -0.313. The standard InChI is InChI=1S/C24H32N2O2S/c25-23-17(15-7-1-3-11-19(15)27)9-5-13-21(23)29-22-14-6-10-18(24(22)26)16-8-2-4-12-20(16)28/h5-6,9-10,13-16,19-20,27-28H,1-4,7-8,11-12,25-26H2. The van der Waals surface area contributed by atoms with E-state index in [4.69, 9.17) is 11.5 Å². The van der Waals surface area contributed by atoms with Crippen LogP contribution < -0.4 is 11.5 Å². The van der Waals surface area contributed by atoms with E-state index >= 15 is 0 Å². The lowest BCUT2D eigenvalue weighted by molar-refractivity contribution is 0.106. The molecule has 0 bridgehead atoms. The summed E-state index contributed by atoms with van der Waals surface area (Å²) in [5, 5.41) is 20.9. The average molecular weight is 413 g/mol. The Hall–Kier alpha value is -1.69. The van der Waals surface area contributed by atoms with Crippen molar-refractivity contribution in [3.63, 3.8) is 0 Å². The van der Waals surface area contributed by atoms with Crippen molar-refractivity contribution in [3.8, 4) is 0 Å². The zero-order valence-electron chi connectivity index (χ0n) is 16.9. The number of benzene rings is 2. The summed E-state index contributed by atoms with van der Waals surface area (Å²) >= 11 is 1.59. The lowest BCUT2D eigenvalue weighted by atomic mass is 9.81. The second-order valence-corrected chi connectivity index (χ2v) is 9.62. The Morgan fingerprint density at radius 3 is 1.48 bits per heavy atom. The Labute approximate surface area is 177 Å². The van der Waals surface area contributed by atoms with Crippen LogP contribution in [-0.4, -0.2) is 22.4 Å². The second-order valence-electron chi connectivity index (χ2n) is 8.54. The summed E-state index contributed by atoms with van der Waals surface area (Å²) in [6.45, 7) is 0. The van der Waals surface area contributed by atoms with Crippen molar-refractivity contribution < 1.29 is 10.2 Å². The first kappa shape index (κ1) is 20.6. The molecule has 2 aromatic rings. The minimum Gasteiger partial charge on any atom is -0.398 e. The molecule has 0 aromatic heterocycles. The average Bonchev–Trinajstić information content (AvgIpc) is 2.72. The van der Waals surface area contributed by atoms with Gasteiger partial charge in [-0.1, -0.05) is 61.7 Å². The fourth-order valence-corrected chi connectivity index (χ4v) is 6.00. The number of aliphatic hydroxyl groups is 2. The van der Waals surface area contributed by atoms with E-state index in [0.29, 0.717) is 0 Å². The molecule has 0 spiro atoms. The van der Waals surface area contributed by atoms with Gasteiger partial charge in [0, 0.05) is 33.0 Å². The van der Waals surface area contributed by atoms with Crippen molar-refractivity contribution >= 4 is 23.1 Å². The maximum absolute atomic E-state index is 10.5. The fraction of sp³-hybridized carbons (Fsp3) is 0.500. The molecule has 0 saturated heterocycles. The zero-order chi connectivity index (χ0) is 20.4. The van der Waals surface area contributed by atoms with Gasteiger partial charge in [0.2, 0.25) is 0 Å². The maximum Gasteiger partial charge on any atom is 0.0609 e. The summed E-state index contributed by atoms with van der Waals surface area (Å²) in [5.41, 5.74) is 16.8. The number of nitrogens with two attached hydrogens (primary N) is 2. The third-order valence-electron chi connectivity index (χ3n) is 6.68. The molecule has 4 rings (SSSR count). The van der Waals surface area contributed by atoms with Gasteiger partial charge in [-0.25, -0.2) is 0 Å². The normalized spacial score (nSPS) is 27.7. The van der Waals surface area contributed by atoms with Gasteiger partial charge >= 0.3 is 0 Å². The second kappa shape index (κ2) is 8.99. The Bertz CT molecular complexity index is 787. The summed E-state index contributed by atoms with van der Waals surface area (Å²) in [7, 11) is 0. The summed E-state index contributed by atoms with van der Waals surface area (Å²) < 4.78 is 0. The van der Waals surface area contributed by atoms with Gasteiger partial charge in [0.15, 0.2) is 0 Å². The van der Waals surface area contributed by atoms with Crippen molar-refractivity contribution in [3.05, 3.63) is 47.5 Å². The van der Waals surface area contributed by atoms with Crippen molar-refractivity contribution in [2.45, 2.75) is 85.2 Å². The Kier molecular flexibility index (Phi) is 6.38. The molecule has 2 saturated carbocycles. The molecule has 2 aliphatic rings. The first-order chi connectivity index (χ1) is 14.1. The number of para-hydroxylation sites is 2. The van der Waals surface area contributed by atoms with Crippen LogP contribution in [0.25, 0.3) is 0 Å². The van der Waals surface area contributed by atoms with Gasteiger partial charge in [0.05, 0.1) is 12.2 Å². The van der Waals surface area contributed by atoms with Crippen molar-refractivity contribution in [1.82, 2.24) is 0 Å². The van der Waals surface area contributed by atoms with Crippen LogP contribution in [-0.2, 0) is 0 Å². The van der Waals surface area contributed by atoms with Gasteiger partial charge < -0.3 is 21.7 Å². The van der Waals surface area contributed by atoms with Crippen LogP contribution in [0.2, 0.25) is 0 Å². The molecule has 4 nitrogen and oxygen atoms in total. The minimum absolute atomic E-state index is 0.116. The molecular formula is C24H32N2O2S. The number of nitrogen functional groups attached to an aromatic ring is 2. The van der Waals surface area contributed by atoms with E-state index in [-0.39, 0.29) is 24.0 Å². The molecule has 4 unspecified atom stereocenters. The molecule has 156 valence electrons. The van der Waals surface area contributed by atoms with Crippen molar-refractivity contribution in [2.24, 2.45) is 0 Å². The highest BCUT2D eigenvalue weighted by atomic mass is 32.2. The summed E-state index contributed by atoms with van der Waals surface area (Å²) in [6, 6.07) is 12.2. The van der Waals surface area contributed by atoms with Crippen LogP contribution in [0.4, 0.5) is 11.4 Å². The molecule has 0 amide bonds. The fourth-order valence-electron chi connectivity index (χ4n) is 5.01. The van der Waals surface area contributed by atoms with Crippen LogP contribution >= 0.6 is 11.8 Å². The van der Waals surface area contributed by atoms with E-state index in [1.54, 1.807) is 11.8 Å². The van der Waals surface area contributed by atoms with E-state index in [1.165, 1.54) is 0 Å². The number of hydrogen-bond donors (Lipinski definition) is 4. The molecule has 2 aromatic carbocycles. The van der Waals surface area contributed by atoms with E-state index in [9.17, 15) is 10.2 Å². The summed E-state index contributed by atoms with van der Waals surface area (Å²) in [6.07, 6.45) is 7.48. The number of hydrogen-bond acceptors (Lipinski definition) is 5. The predicted octanol–water partition coefficient (Wildman–Crippen LogP) is 5.04. The first-order valence-electron chi connectivity index (χ1n) is 10.9. The Morgan fingerprint density at radius 1 is 0.655 bits per heavy atom. The molecule has 6 N–H and O–H groups in total. The van der Waals surface area contributed by atoms with Crippen LogP contribution in [0.15, 0.2) is 46.2 Å². The Morgan fingerprint density at radius 2 is 1.07 bits per heavy atom. The van der Waals surface area contributed by atoms with Crippen molar-refractivity contribution in [1.29, 1.82) is 0 Å². The maximum atomic E-state index is 10.5. The van der Waals surface area contributed by atoms with E-state index in [1.807, 2.05) is 24.3 Å². The van der Waals surface area contributed by atoms with Crippen molar-refractivity contribution in [2.75, 3.05) is 11.5 Å². The smallest absolute Gasteiger partial charge is 0.0609 e. The van der Waals surface area contributed by atoms with Gasteiger partial charge in [0.1, 0.15) is 0 Å². The lowest BCUT2D eigenvalue weighted by Gasteiger charge is -2.30. The number of rotatable bonds is 4. The lowest BCUT2D eigenvalue weighted by Crippen LogP contribution is -2.23. The highest BCUT2D eigenvalue weighted by Gasteiger charge is 2.28. The monoisotopic (exact) mass is 412 g/mol. The topological polar surface area (TPSA) is 92.5 Å². The molecule has 5 heteroatoms. The quantitative estimate of drug-likeness (QED) is 0.528. The molecule has 29 heavy (non-hydrogen) atoms. The predicted molar refractivity (Wildman–Crippen MR) is 120 cm³/mol. The number of anilines is 2. The highest BCUT2D eigenvalue weighted by molar-refractivity contribution is 7.99. The third kappa shape index (κ3) is 4.27. The summed E-state index contributed by atoms with van der Waals surface area (Å²) in [4.78, 5) is 1.96. The SMILES string of the molecule is Nc1c(Sc2cccc(C3CCCCC3O)c2N)cccc1C1CCCCC1O. The molecule has 2 aliphatic carbocycles. The molecule has 4 atom stereocenters. The number of aliphatic hydroxyl groups excluding tert-OH is 2. The first-order valence-corrected chi connectivity index (χ1v) is 11.7. The van der Waals surface area contributed by atoms with E-state index in [2.05, 4.69) is 12.1 Å². The van der Waals surface area contributed by atoms with E-state index < -0.39 is 0 Å². The molecule has 0 aliphatic heterocycles. The third-order valence-corrected chi connectivity index (χ3v) is 7.83. The van der Waals surface area contributed by atoms with Crippen LogP contribution in [0.3, 0.4) is 0 Å². The largest absolute Gasteiger partial charge is 0.398 e.